The predicted molar refractivity (Wildman–Crippen MR) is 63.4 cm³/mol. The average molecular weight is 240 g/mol. The lowest BCUT2D eigenvalue weighted by molar-refractivity contribution is 0.141. The molecule has 1 aromatic rings. The van der Waals surface area contributed by atoms with E-state index in [0.717, 1.165) is 19.3 Å². The van der Waals surface area contributed by atoms with Gasteiger partial charge in [0.15, 0.2) is 0 Å². The number of alkyl halides is 2. The number of halogens is 2. The van der Waals surface area contributed by atoms with Crippen LogP contribution < -0.4 is 0 Å². The zero-order valence-electron chi connectivity index (χ0n) is 9.83. The van der Waals surface area contributed by atoms with Crippen molar-refractivity contribution in [3.8, 4) is 0 Å². The molecule has 0 unspecified atom stereocenters. The van der Waals surface area contributed by atoms with Gasteiger partial charge in [-0.3, -0.25) is 0 Å². The number of nitrogens with zero attached hydrogens (tertiary/aromatic N) is 1. The van der Waals surface area contributed by atoms with Crippen LogP contribution in [0.25, 0.3) is 0 Å². The Balaban J connectivity index is 2.47. The first-order chi connectivity index (χ1) is 8.25. The highest BCUT2D eigenvalue weighted by Gasteiger charge is 2.10. The second kappa shape index (κ2) is 7.76. The van der Waals surface area contributed by atoms with Crippen LogP contribution in [0.3, 0.4) is 0 Å². The lowest BCUT2D eigenvalue weighted by Gasteiger charge is -2.02. The minimum atomic E-state index is -2.52. The van der Waals surface area contributed by atoms with Crippen LogP contribution in [0.4, 0.5) is 8.78 Å². The van der Waals surface area contributed by atoms with Crippen LogP contribution in [-0.2, 0) is 4.84 Å². The van der Waals surface area contributed by atoms with Crippen molar-refractivity contribution in [1.29, 1.82) is 0 Å². The first-order valence-electron chi connectivity index (χ1n) is 5.70. The zero-order valence-corrected chi connectivity index (χ0v) is 9.83. The number of rotatable bonds is 7. The SMILES string of the molecule is CCCCCO/N=[C]/c1ccccc1C(F)F. The van der Waals surface area contributed by atoms with Gasteiger partial charge in [0.05, 0.1) is 0 Å². The molecule has 0 saturated heterocycles. The molecule has 0 spiro atoms. The van der Waals surface area contributed by atoms with E-state index in [0.29, 0.717) is 6.61 Å². The van der Waals surface area contributed by atoms with Crippen LogP contribution in [0.5, 0.6) is 0 Å². The molecule has 0 saturated carbocycles. The molecule has 0 aliphatic rings. The Hall–Kier alpha value is -1.45. The third-order valence-electron chi connectivity index (χ3n) is 2.27. The predicted octanol–water partition coefficient (Wildman–Crippen LogP) is 4.04. The monoisotopic (exact) mass is 240 g/mol. The highest BCUT2D eigenvalue weighted by atomic mass is 19.3. The van der Waals surface area contributed by atoms with Gasteiger partial charge >= 0.3 is 0 Å². The smallest absolute Gasteiger partial charge is 0.264 e. The molecular weight excluding hydrogens is 224 g/mol. The molecule has 1 aromatic carbocycles. The molecule has 2 nitrogen and oxygen atoms in total. The summed E-state index contributed by atoms with van der Waals surface area (Å²) in [5.74, 6) is 0. The number of hydrogen-bond donors (Lipinski definition) is 0. The maximum Gasteiger partial charge on any atom is 0.264 e. The molecule has 0 atom stereocenters. The Morgan fingerprint density at radius 3 is 2.76 bits per heavy atom. The molecule has 0 N–H and O–H groups in total. The van der Waals surface area contributed by atoms with Crippen LogP contribution in [-0.4, -0.2) is 12.8 Å². The summed E-state index contributed by atoms with van der Waals surface area (Å²) in [7, 11) is 0. The molecule has 1 radical (unpaired) electrons. The van der Waals surface area contributed by atoms with E-state index in [1.54, 1.807) is 18.2 Å². The van der Waals surface area contributed by atoms with Crippen molar-refractivity contribution in [2.75, 3.05) is 6.61 Å². The summed E-state index contributed by atoms with van der Waals surface area (Å²) in [4.78, 5) is 4.94. The first kappa shape index (κ1) is 13.6. The van der Waals surface area contributed by atoms with E-state index in [4.69, 9.17) is 4.84 Å². The molecule has 17 heavy (non-hydrogen) atoms. The molecule has 0 fully saturated rings. The lowest BCUT2D eigenvalue weighted by Crippen LogP contribution is -1.94. The van der Waals surface area contributed by atoms with Gasteiger partial charge in [0.1, 0.15) is 12.8 Å². The minimum Gasteiger partial charge on any atom is -0.395 e. The van der Waals surface area contributed by atoms with Gasteiger partial charge in [-0.05, 0) is 6.42 Å². The average Bonchev–Trinajstić information content (AvgIpc) is 2.34. The molecule has 4 heteroatoms. The second-order valence-electron chi connectivity index (χ2n) is 3.63. The molecule has 0 bridgehead atoms. The quantitative estimate of drug-likeness (QED) is 0.400. The van der Waals surface area contributed by atoms with Gasteiger partial charge < -0.3 is 4.84 Å². The van der Waals surface area contributed by atoms with Crippen LogP contribution in [0, 0.1) is 0 Å². The maximum absolute atomic E-state index is 12.6. The van der Waals surface area contributed by atoms with Crippen molar-refractivity contribution in [2.24, 2.45) is 5.16 Å². The number of benzene rings is 1. The van der Waals surface area contributed by atoms with Crippen LogP contribution in [0.2, 0.25) is 0 Å². The van der Waals surface area contributed by atoms with E-state index >= 15 is 0 Å². The third-order valence-corrected chi connectivity index (χ3v) is 2.27. The fourth-order valence-electron chi connectivity index (χ4n) is 1.33. The van der Waals surface area contributed by atoms with Gasteiger partial charge in [-0.15, -0.1) is 0 Å². The van der Waals surface area contributed by atoms with Gasteiger partial charge in [0.25, 0.3) is 6.43 Å². The summed E-state index contributed by atoms with van der Waals surface area (Å²) in [6.07, 6.45) is 3.06. The van der Waals surface area contributed by atoms with Crippen molar-refractivity contribution in [2.45, 2.75) is 32.6 Å². The highest BCUT2D eigenvalue weighted by molar-refractivity contribution is 5.81. The van der Waals surface area contributed by atoms with Crippen LogP contribution in [0.1, 0.15) is 43.7 Å². The second-order valence-corrected chi connectivity index (χ2v) is 3.63. The number of hydrogen-bond acceptors (Lipinski definition) is 2. The van der Waals surface area contributed by atoms with Gasteiger partial charge in [-0.1, -0.05) is 49.2 Å². The summed E-state index contributed by atoms with van der Waals surface area (Å²) < 4.78 is 25.2. The van der Waals surface area contributed by atoms with Gasteiger partial charge in [-0.25, -0.2) is 8.78 Å². The Morgan fingerprint density at radius 2 is 2.06 bits per heavy atom. The Morgan fingerprint density at radius 1 is 1.29 bits per heavy atom. The summed E-state index contributed by atoms with van der Waals surface area (Å²) in [5.41, 5.74) is 0.200. The molecule has 0 heterocycles. The topological polar surface area (TPSA) is 21.6 Å². The van der Waals surface area contributed by atoms with Crippen molar-refractivity contribution < 1.29 is 13.6 Å². The first-order valence-corrected chi connectivity index (χ1v) is 5.70. The molecule has 0 aromatic heterocycles. The lowest BCUT2D eigenvalue weighted by atomic mass is 10.1. The highest BCUT2D eigenvalue weighted by Crippen LogP contribution is 2.21. The van der Waals surface area contributed by atoms with E-state index in [1.807, 2.05) is 0 Å². The molecule has 1 rings (SSSR count). The number of unbranched alkanes of at least 4 members (excludes halogenated alkanes) is 2. The maximum atomic E-state index is 12.6. The van der Waals surface area contributed by atoms with Crippen molar-refractivity contribution in [1.82, 2.24) is 0 Å². The summed E-state index contributed by atoms with van der Waals surface area (Å²) >= 11 is 0. The van der Waals surface area contributed by atoms with E-state index in [9.17, 15) is 8.78 Å². The largest absolute Gasteiger partial charge is 0.395 e. The summed E-state index contributed by atoms with van der Waals surface area (Å²) in [5, 5.41) is 3.57. The Bertz CT molecular complexity index is 353. The normalized spacial score (nSPS) is 11.3. The summed E-state index contributed by atoms with van der Waals surface area (Å²) in [6.45, 7) is 2.59. The Labute approximate surface area is 100 Å². The molecule has 0 amide bonds. The van der Waals surface area contributed by atoms with Crippen LogP contribution >= 0.6 is 0 Å². The molecule has 93 valence electrons. The molecule has 0 aliphatic carbocycles. The fraction of sp³-hybridized carbons (Fsp3) is 0.462. The third kappa shape index (κ3) is 4.93. The van der Waals surface area contributed by atoms with Crippen molar-refractivity contribution in [3.63, 3.8) is 0 Å². The van der Waals surface area contributed by atoms with E-state index < -0.39 is 6.43 Å². The van der Waals surface area contributed by atoms with Gasteiger partial charge in [0, 0.05) is 11.1 Å². The van der Waals surface area contributed by atoms with E-state index in [2.05, 4.69) is 18.3 Å². The van der Waals surface area contributed by atoms with Gasteiger partial charge in [-0.2, -0.15) is 0 Å². The zero-order chi connectivity index (χ0) is 12.5. The summed E-state index contributed by atoms with van der Waals surface area (Å²) in [6, 6.07) is 6.13. The molecule has 0 aliphatic heterocycles. The standard InChI is InChI=1S/C13H16F2NO/c1-2-3-6-9-17-16-10-11-7-4-5-8-12(11)13(14)15/h4-5,7-8,13H,2-3,6,9H2,1H3. The Kier molecular flexibility index (Phi) is 6.22. The van der Waals surface area contributed by atoms with E-state index in [-0.39, 0.29) is 11.1 Å². The van der Waals surface area contributed by atoms with Crippen molar-refractivity contribution in [3.05, 3.63) is 35.4 Å². The van der Waals surface area contributed by atoms with Crippen molar-refractivity contribution >= 4 is 6.21 Å². The molecular formula is C13H16F2NO. The fourth-order valence-corrected chi connectivity index (χ4v) is 1.33. The van der Waals surface area contributed by atoms with Gasteiger partial charge in [0.2, 0.25) is 0 Å². The minimum absolute atomic E-state index is 0.0755. The van der Waals surface area contributed by atoms with Crippen LogP contribution in [0.15, 0.2) is 29.4 Å². The van der Waals surface area contributed by atoms with E-state index in [1.165, 1.54) is 6.07 Å².